The average molecular weight is 354 g/mol. The van der Waals surface area contributed by atoms with Crippen molar-refractivity contribution >= 4 is 5.97 Å². The monoisotopic (exact) mass is 353 g/mol. The lowest BCUT2D eigenvalue weighted by molar-refractivity contribution is -0.131. The minimum absolute atomic E-state index is 0.834. The highest BCUT2D eigenvalue weighted by Crippen LogP contribution is 2.12. The number of aliphatic carboxylic acids is 1. The van der Waals surface area contributed by atoms with E-state index in [4.69, 9.17) is 5.11 Å². The Morgan fingerprint density at radius 2 is 1.28 bits per heavy atom. The molecule has 0 aromatic rings. The van der Waals surface area contributed by atoms with Crippen LogP contribution in [0.15, 0.2) is 12.2 Å². The zero-order chi connectivity index (χ0) is 18.4. The van der Waals surface area contributed by atoms with Crippen LogP contribution in [-0.4, -0.2) is 24.2 Å². The molecule has 0 aromatic heterocycles. The van der Waals surface area contributed by atoms with Gasteiger partial charge in [0.1, 0.15) is 0 Å². The molecule has 0 unspecified atom stereocenters. The van der Waals surface area contributed by atoms with Crippen molar-refractivity contribution in [3.05, 3.63) is 12.2 Å². The summed E-state index contributed by atoms with van der Waals surface area (Å²) in [5, 5.41) is 11.7. The van der Waals surface area contributed by atoms with Gasteiger partial charge in [0.25, 0.3) is 0 Å². The van der Waals surface area contributed by atoms with Crippen LogP contribution in [0.1, 0.15) is 110 Å². The topological polar surface area (TPSA) is 49.3 Å². The van der Waals surface area contributed by atoms with Crippen LogP contribution in [0.25, 0.3) is 0 Å². The van der Waals surface area contributed by atoms with Crippen molar-refractivity contribution in [2.45, 2.75) is 110 Å². The molecular formula is C22H43NO2. The quantitative estimate of drug-likeness (QED) is 0.277. The molecule has 0 aliphatic carbocycles. The number of rotatable bonds is 14. The summed E-state index contributed by atoms with van der Waals surface area (Å²) in [5.41, 5.74) is 0. The van der Waals surface area contributed by atoms with Gasteiger partial charge < -0.3 is 10.4 Å². The van der Waals surface area contributed by atoms with Crippen LogP contribution in [0, 0.1) is 0 Å². The maximum Gasteiger partial charge on any atom is 0.327 e. The first-order valence-corrected chi connectivity index (χ1v) is 10.9. The van der Waals surface area contributed by atoms with Gasteiger partial charge in [0.2, 0.25) is 0 Å². The van der Waals surface area contributed by atoms with Gasteiger partial charge in [0.15, 0.2) is 0 Å². The summed E-state index contributed by atoms with van der Waals surface area (Å²) in [6.07, 6.45) is 24.3. The van der Waals surface area contributed by atoms with Crippen molar-refractivity contribution in [1.29, 1.82) is 0 Å². The number of allylic oxidation sites excluding steroid dienone is 1. The maximum atomic E-state index is 10.2. The average Bonchev–Trinajstić information content (AvgIpc) is 2.64. The van der Waals surface area contributed by atoms with E-state index in [9.17, 15) is 4.79 Å². The van der Waals surface area contributed by atoms with E-state index in [2.05, 4.69) is 12.2 Å². The molecule has 0 radical (unpaired) electrons. The molecule has 0 bridgehead atoms. The Morgan fingerprint density at radius 1 is 0.800 bits per heavy atom. The molecule has 25 heavy (non-hydrogen) atoms. The van der Waals surface area contributed by atoms with E-state index in [0.29, 0.717) is 0 Å². The third-order valence-electron chi connectivity index (χ3n) is 4.69. The van der Waals surface area contributed by atoms with Gasteiger partial charge in [-0.2, -0.15) is 0 Å². The van der Waals surface area contributed by atoms with Crippen molar-refractivity contribution in [2.24, 2.45) is 0 Å². The summed E-state index contributed by atoms with van der Waals surface area (Å²) in [7, 11) is 0. The Hall–Kier alpha value is -0.830. The summed E-state index contributed by atoms with van der Waals surface area (Å²) in [6.45, 7) is 4.76. The molecule has 0 spiro atoms. The molecule has 0 amide bonds. The largest absolute Gasteiger partial charge is 0.478 e. The van der Waals surface area contributed by atoms with Gasteiger partial charge in [-0.05, 0) is 38.8 Å². The Kier molecular flexibility index (Phi) is 20.5. The number of carbonyl (C=O) groups is 1. The fraction of sp³-hybridized carbons (Fsp3) is 0.864. The van der Waals surface area contributed by atoms with Crippen molar-refractivity contribution < 1.29 is 9.90 Å². The van der Waals surface area contributed by atoms with Crippen molar-refractivity contribution in [2.75, 3.05) is 13.1 Å². The predicted molar refractivity (Wildman–Crippen MR) is 109 cm³/mol. The smallest absolute Gasteiger partial charge is 0.327 e. The highest BCUT2D eigenvalue weighted by molar-refractivity contribution is 5.79. The third-order valence-corrected chi connectivity index (χ3v) is 4.69. The molecule has 0 atom stereocenters. The highest BCUT2D eigenvalue weighted by atomic mass is 16.4. The fourth-order valence-corrected chi connectivity index (χ4v) is 3.09. The lowest BCUT2D eigenvalue weighted by Crippen LogP contribution is -2.21. The van der Waals surface area contributed by atoms with E-state index in [-0.39, 0.29) is 0 Å². The van der Waals surface area contributed by atoms with Gasteiger partial charge in [0.05, 0.1) is 0 Å². The van der Waals surface area contributed by atoms with Gasteiger partial charge in [-0.1, -0.05) is 90.0 Å². The molecule has 3 nitrogen and oxygen atoms in total. The number of carboxylic acid groups (broad SMARTS) is 1. The molecule has 1 rings (SSSR count). The lowest BCUT2D eigenvalue weighted by atomic mass is 10.0. The van der Waals surface area contributed by atoms with E-state index in [1.165, 1.54) is 109 Å². The molecule has 3 heteroatoms. The number of hydrogen-bond acceptors (Lipinski definition) is 2. The number of nitrogens with one attached hydrogen (secondary N) is 1. The first kappa shape index (κ1) is 24.2. The summed E-state index contributed by atoms with van der Waals surface area (Å²) >= 11 is 0. The zero-order valence-electron chi connectivity index (χ0n) is 16.7. The summed E-state index contributed by atoms with van der Waals surface area (Å²) < 4.78 is 0. The Bertz CT molecular complexity index is 287. The van der Waals surface area contributed by atoms with Crippen LogP contribution in [0.5, 0.6) is 0 Å². The van der Waals surface area contributed by atoms with Crippen molar-refractivity contribution in [3.8, 4) is 0 Å². The van der Waals surface area contributed by atoms with Crippen LogP contribution in [0.4, 0.5) is 0 Å². The second kappa shape index (κ2) is 21.2. The van der Waals surface area contributed by atoms with Crippen LogP contribution >= 0.6 is 0 Å². The standard InChI is InChI=1S/C17H32O2.C5H11N/c1-2-3-4-5-6-7-8-9-10-11-12-13-14-15-16-17(18)19;1-2-4-6-5-3-1/h15-16H,2-14H2,1H3,(H,18,19);6H,1-5H2. The molecule has 1 saturated heterocycles. The minimum atomic E-state index is -0.834. The fourth-order valence-electron chi connectivity index (χ4n) is 3.09. The predicted octanol–water partition coefficient (Wildman–Crippen LogP) is 6.48. The number of hydrogen-bond donors (Lipinski definition) is 2. The minimum Gasteiger partial charge on any atom is -0.478 e. The second-order valence-electron chi connectivity index (χ2n) is 7.23. The molecule has 1 aliphatic heterocycles. The second-order valence-corrected chi connectivity index (χ2v) is 7.23. The van der Waals surface area contributed by atoms with Crippen LogP contribution in [0.2, 0.25) is 0 Å². The lowest BCUT2D eigenvalue weighted by Gasteiger charge is -2.08. The van der Waals surface area contributed by atoms with Gasteiger partial charge in [-0.25, -0.2) is 4.79 Å². The van der Waals surface area contributed by atoms with Gasteiger partial charge in [-0.3, -0.25) is 0 Å². The first-order valence-electron chi connectivity index (χ1n) is 10.9. The van der Waals surface area contributed by atoms with Gasteiger partial charge in [0, 0.05) is 6.08 Å². The summed E-state index contributed by atoms with van der Waals surface area (Å²) in [4.78, 5) is 10.2. The van der Waals surface area contributed by atoms with Crippen molar-refractivity contribution in [1.82, 2.24) is 5.32 Å². The first-order chi connectivity index (χ1) is 12.3. The van der Waals surface area contributed by atoms with E-state index < -0.39 is 5.97 Å². The SMILES string of the molecule is C1CCNCC1.CCCCCCCCCCCCCCC=CC(=O)O. The molecule has 1 heterocycles. The normalized spacial score (nSPS) is 14.3. The summed E-state index contributed by atoms with van der Waals surface area (Å²) in [5.74, 6) is -0.834. The zero-order valence-corrected chi connectivity index (χ0v) is 16.7. The van der Waals surface area contributed by atoms with Crippen LogP contribution in [0.3, 0.4) is 0 Å². The van der Waals surface area contributed by atoms with E-state index in [1.807, 2.05) is 0 Å². The number of piperidine rings is 1. The van der Waals surface area contributed by atoms with E-state index in [0.717, 1.165) is 12.8 Å². The molecule has 0 saturated carbocycles. The molecule has 1 aliphatic rings. The molecule has 2 N–H and O–H groups in total. The Morgan fingerprint density at radius 3 is 1.64 bits per heavy atom. The molecule has 1 fully saturated rings. The Balaban J connectivity index is 0.000000796. The molecule has 148 valence electrons. The Labute approximate surface area is 156 Å². The van der Waals surface area contributed by atoms with Gasteiger partial charge >= 0.3 is 5.97 Å². The van der Waals surface area contributed by atoms with E-state index >= 15 is 0 Å². The third kappa shape index (κ3) is 23.2. The summed E-state index contributed by atoms with van der Waals surface area (Å²) in [6, 6.07) is 0. The number of unbranched alkanes of at least 4 members (excludes halogenated alkanes) is 12. The van der Waals surface area contributed by atoms with Gasteiger partial charge in [-0.15, -0.1) is 0 Å². The number of carboxylic acids is 1. The molecule has 0 aromatic carbocycles. The van der Waals surface area contributed by atoms with Crippen LogP contribution < -0.4 is 5.32 Å². The highest BCUT2D eigenvalue weighted by Gasteiger charge is 1.94. The van der Waals surface area contributed by atoms with Crippen LogP contribution in [-0.2, 0) is 4.79 Å². The maximum absolute atomic E-state index is 10.2. The van der Waals surface area contributed by atoms with Crippen molar-refractivity contribution in [3.63, 3.8) is 0 Å². The van der Waals surface area contributed by atoms with E-state index in [1.54, 1.807) is 6.08 Å². The molecular weight excluding hydrogens is 310 g/mol.